The normalized spacial score (nSPS) is 15.1. The molecule has 8 nitrogen and oxygen atoms in total. The third kappa shape index (κ3) is 5.47. The van der Waals surface area contributed by atoms with Gasteiger partial charge in [0.2, 0.25) is 5.91 Å². The average Bonchev–Trinajstić information content (AvgIpc) is 3.02. The summed E-state index contributed by atoms with van der Waals surface area (Å²) in [4.78, 5) is 38.1. The number of benzene rings is 2. The molecule has 0 radical (unpaired) electrons. The Kier molecular flexibility index (Phi) is 7.46. The molecule has 2 aromatic rings. The van der Waals surface area contributed by atoms with E-state index in [4.69, 9.17) is 9.47 Å². The molecule has 0 unspecified atom stereocenters. The number of nitrogens with one attached hydrogen (secondary N) is 1. The average molecular weight is 561 g/mol. The third-order valence-corrected chi connectivity index (χ3v) is 6.06. The Morgan fingerprint density at radius 2 is 1.85 bits per heavy atom. The SMILES string of the molecule is COc1ccc(C(F)(F)F)cc1NC(=O)CN1C(=O)S/C(=C\c2cc(Br)c(O)c(OC)c2)C1=O. The molecule has 0 atom stereocenters. The molecule has 3 rings (SSSR count). The van der Waals surface area contributed by atoms with Gasteiger partial charge in [0, 0.05) is 0 Å². The number of aromatic hydroxyl groups is 1. The lowest BCUT2D eigenvalue weighted by atomic mass is 10.1. The highest BCUT2D eigenvalue weighted by Crippen LogP contribution is 2.38. The molecular formula is C21H16BrF3N2O6S. The maximum absolute atomic E-state index is 13.0. The number of hydrogen-bond acceptors (Lipinski definition) is 7. The summed E-state index contributed by atoms with van der Waals surface area (Å²) in [6, 6.07) is 5.48. The van der Waals surface area contributed by atoms with E-state index < -0.39 is 35.3 Å². The van der Waals surface area contributed by atoms with Crippen molar-refractivity contribution in [2.24, 2.45) is 0 Å². The lowest BCUT2D eigenvalue weighted by Gasteiger charge is -2.16. The van der Waals surface area contributed by atoms with Crippen molar-refractivity contribution in [3.05, 3.63) is 50.8 Å². The van der Waals surface area contributed by atoms with Gasteiger partial charge in [0.05, 0.1) is 34.8 Å². The van der Waals surface area contributed by atoms with Crippen LogP contribution >= 0.6 is 27.7 Å². The summed E-state index contributed by atoms with van der Waals surface area (Å²) in [5.74, 6) is -1.69. The largest absolute Gasteiger partial charge is 0.503 e. The molecule has 13 heteroatoms. The molecule has 0 saturated carbocycles. The molecule has 0 spiro atoms. The number of carbonyl (C=O) groups is 3. The van der Waals surface area contributed by atoms with Crippen molar-refractivity contribution in [3.63, 3.8) is 0 Å². The summed E-state index contributed by atoms with van der Waals surface area (Å²) in [7, 11) is 2.56. The maximum atomic E-state index is 13.0. The predicted octanol–water partition coefficient (Wildman–Crippen LogP) is 4.87. The van der Waals surface area contributed by atoms with Crippen LogP contribution in [-0.2, 0) is 15.8 Å². The van der Waals surface area contributed by atoms with E-state index >= 15 is 0 Å². The number of anilines is 1. The number of phenols is 1. The number of ether oxygens (including phenoxy) is 2. The van der Waals surface area contributed by atoms with Crippen LogP contribution in [0.3, 0.4) is 0 Å². The molecule has 2 aromatic carbocycles. The number of rotatable bonds is 6. The van der Waals surface area contributed by atoms with Crippen LogP contribution in [0.4, 0.5) is 23.7 Å². The first-order chi connectivity index (χ1) is 15.9. The van der Waals surface area contributed by atoms with Crippen molar-refractivity contribution < 1.29 is 42.1 Å². The van der Waals surface area contributed by atoms with Gasteiger partial charge in [-0.2, -0.15) is 13.2 Å². The van der Waals surface area contributed by atoms with E-state index in [0.717, 1.165) is 12.1 Å². The second kappa shape index (κ2) is 9.97. The Balaban J connectivity index is 1.78. The molecule has 0 bridgehead atoms. The van der Waals surface area contributed by atoms with E-state index in [-0.39, 0.29) is 27.8 Å². The van der Waals surface area contributed by atoms with Gasteiger partial charge < -0.3 is 19.9 Å². The number of methoxy groups -OCH3 is 2. The summed E-state index contributed by atoms with van der Waals surface area (Å²) in [6.07, 6.45) is -3.26. The van der Waals surface area contributed by atoms with Crippen LogP contribution in [0, 0.1) is 0 Å². The Hall–Kier alpha value is -3.19. The van der Waals surface area contributed by atoms with E-state index in [1.807, 2.05) is 0 Å². The van der Waals surface area contributed by atoms with Crippen LogP contribution in [0.5, 0.6) is 17.2 Å². The number of thioether (sulfide) groups is 1. The van der Waals surface area contributed by atoms with Crippen molar-refractivity contribution in [1.29, 1.82) is 0 Å². The standard InChI is InChI=1S/C21H16BrF3N2O6S/c1-32-14-4-3-11(21(23,24)25)8-13(14)26-17(28)9-27-19(30)16(34-20(27)31)7-10-5-12(22)18(29)15(6-10)33-2/h3-8,29H,9H2,1-2H3,(H,26,28)/b16-7-. The number of carbonyl (C=O) groups excluding carboxylic acids is 3. The molecule has 180 valence electrons. The minimum atomic E-state index is -4.64. The van der Waals surface area contributed by atoms with Gasteiger partial charge >= 0.3 is 6.18 Å². The van der Waals surface area contributed by atoms with Crippen LogP contribution in [0.25, 0.3) is 6.08 Å². The Morgan fingerprint density at radius 3 is 2.47 bits per heavy atom. The first kappa shape index (κ1) is 25.4. The maximum Gasteiger partial charge on any atom is 0.416 e. The second-order valence-electron chi connectivity index (χ2n) is 6.78. The Labute approximate surface area is 203 Å². The Bertz CT molecular complexity index is 1200. The van der Waals surface area contributed by atoms with Crippen molar-refractivity contribution in [2.45, 2.75) is 6.18 Å². The van der Waals surface area contributed by atoms with Gasteiger partial charge in [-0.05, 0) is 69.7 Å². The number of hydrogen-bond donors (Lipinski definition) is 2. The van der Waals surface area contributed by atoms with Crippen molar-refractivity contribution >= 4 is 56.5 Å². The third-order valence-electron chi connectivity index (χ3n) is 4.54. The molecule has 0 aromatic heterocycles. The summed E-state index contributed by atoms with van der Waals surface area (Å²) < 4.78 is 49.3. The number of alkyl halides is 3. The first-order valence-corrected chi connectivity index (χ1v) is 10.9. The van der Waals surface area contributed by atoms with Crippen LogP contribution in [0.2, 0.25) is 0 Å². The molecular weight excluding hydrogens is 545 g/mol. The number of phenolic OH excluding ortho intramolecular Hbond substituents is 1. The number of nitrogens with zero attached hydrogens (tertiary/aromatic N) is 1. The van der Waals surface area contributed by atoms with Gasteiger partial charge in [0.1, 0.15) is 12.3 Å². The van der Waals surface area contributed by atoms with Crippen molar-refractivity contribution in [2.75, 3.05) is 26.1 Å². The van der Waals surface area contributed by atoms with Crippen LogP contribution in [-0.4, -0.2) is 47.8 Å². The lowest BCUT2D eigenvalue weighted by molar-refractivity contribution is -0.137. The van der Waals surface area contributed by atoms with Gasteiger partial charge in [0.25, 0.3) is 11.1 Å². The number of imide groups is 1. The van der Waals surface area contributed by atoms with Crippen LogP contribution < -0.4 is 14.8 Å². The van der Waals surface area contributed by atoms with Crippen molar-refractivity contribution in [1.82, 2.24) is 4.90 Å². The highest BCUT2D eigenvalue weighted by molar-refractivity contribution is 9.10. The lowest BCUT2D eigenvalue weighted by Crippen LogP contribution is -2.36. The van der Waals surface area contributed by atoms with E-state index in [9.17, 15) is 32.7 Å². The molecule has 1 saturated heterocycles. The van der Waals surface area contributed by atoms with Gasteiger partial charge in [-0.15, -0.1) is 0 Å². The van der Waals surface area contributed by atoms with E-state index in [2.05, 4.69) is 21.2 Å². The van der Waals surface area contributed by atoms with Gasteiger partial charge in [-0.1, -0.05) is 0 Å². The highest BCUT2D eigenvalue weighted by atomic mass is 79.9. The zero-order valence-corrected chi connectivity index (χ0v) is 19.9. The number of halogens is 4. The monoisotopic (exact) mass is 560 g/mol. The number of amides is 3. The van der Waals surface area contributed by atoms with E-state index in [1.54, 1.807) is 0 Å². The fraction of sp³-hybridized carbons (Fsp3) is 0.190. The molecule has 1 aliphatic heterocycles. The quantitative estimate of drug-likeness (QED) is 0.486. The minimum Gasteiger partial charge on any atom is -0.503 e. The molecule has 0 aliphatic carbocycles. The molecule has 1 heterocycles. The van der Waals surface area contributed by atoms with Gasteiger partial charge in [-0.25, -0.2) is 0 Å². The molecule has 1 fully saturated rings. The Morgan fingerprint density at radius 1 is 1.18 bits per heavy atom. The summed E-state index contributed by atoms with van der Waals surface area (Å²) in [5, 5.41) is 11.4. The smallest absolute Gasteiger partial charge is 0.416 e. The molecule has 3 amide bonds. The van der Waals surface area contributed by atoms with E-state index in [1.165, 1.54) is 32.4 Å². The first-order valence-electron chi connectivity index (χ1n) is 9.31. The van der Waals surface area contributed by atoms with Gasteiger partial charge in [-0.3, -0.25) is 19.3 Å². The van der Waals surface area contributed by atoms with Gasteiger partial charge in [0.15, 0.2) is 11.5 Å². The van der Waals surface area contributed by atoms with Crippen LogP contribution in [0.15, 0.2) is 39.7 Å². The van der Waals surface area contributed by atoms with Crippen LogP contribution in [0.1, 0.15) is 11.1 Å². The second-order valence-corrected chi connectivity index (χ2v) is 8.63. The zero-order chi connectivity index (χ0) is 25.2. The van der Waals surface area contributed by atoms with Crippen molar-refractivity contribution in [3.8, 4) is 17.2 Å². The molecule has 2 N–H and O–H groups in total. The zero-order valence-electron chi connectivity index (χ0n) is 17.5. The summed E-state index contributed by atoms with van der Waals surface area (Å²) >= 11 is 3.75. The fourth-order valence-electron chi connectivity index (χ4n) is 2.94. The summed E-state index contributed by atoms with van der Waals surface area (Å²) in [5.41, 5.74) is -0.829. The topological polar surface area (TPSA) is 105 Å². The fourth-order valence-corrected chi connectivity index (χ4v) is 4.23. The predicted molar refractivity (Wildman–Crippen MR) is 122 cm³/mol. The summed E-state index contributed by atoms with van der Waals surface area (Å²) in [6.45, 7) is -0.718. The molecule has 1 aliphatic rings. The highest BCUT2D eigenvalue weighted by Gasteiger charge is 2.37. The van der Waals surface area contributed by atoms with E-state index in [0.29, 0.717) is 32.8 Å². The molecule has 34 heavy (non-hydrogen) atoms. The minimum absolute atomic E-state index is 0.00842.